The highest BCUT2D eigenvalue weighted by Gasteiger charge is 2.27. The van der Waals surface area contributed by atoms with Crippen molar-refractivity contribution in [3.63, 3.8) is 0 Å². The minimum Gasteiger partial charge on any atom is -0.462 e. The molecule has 0 amide bonds. The molecule has 0 aromatic rings. The highest BCUT2D eigenvalue weighted by molar-refractivity contribution is 7.47. The maximum Gasteiger partial charge on any atom is 0.472 e. The molecule has 0 saturated heterocycles. The van der Waals surface area contributed by atoms with Gasteiger partial charge in [-0.1, -0.05) is 225 Å². The molecule has 0 aliphatic carbocycles. The molecule has 0 aliphatic rings. The van der Waals surface area contributed by atoms with E-state index in [2.05, 4.69) is 26.0 Å². The van der Waals surface area contributed by atoms with Crippen LogP contribution in [0.4, 0.5) is 0 Å². The SMILES string of the molecule is CCCCCCCC/C=C/CCCCCCCCCCCCCC(=O)OC[C@H](COP(=O)(O)OC[C@@H](O)CO)OC(=O)CCCCCCCCCCCCCCCCCCCC. The van der Waals surface area contributed by atoms with Crippen molar-refractivity contribution in [3.05, 3.63) is 12.2 Å². The third-order valence-electron chi connectivity index (χ3n) is 11.7. The van der Waals surface area contributed by atoms with Gasteiger partial charge >= 0.3 is 19.8 Å². The fraction of sp³-hybridized carbons (Fsp3) is 0.922. The van der Waals surface area contributed by atoms with E-state index in [1.54, 1.807) is 0 Å². The minimum atomic E-state index is -4.62. The Balaban J connectivity index is 4.13. The zero-order valence-corrected chi connectivity index (χ0v) is 41.3. The highest BCUT2D eigenvalue weighted by Crippen LogP contribution is 2.43. The number of esters is 2. The Morgan fingerprint density at radius 2 is 0.790 bits per heavy atom. The molecule has 11 heteroatoms. The first kappa shape index (κ1) is 60.7. The summed E-state index contributed by atoms with van der Waals surface area (Å²) in [6, 6.07) is 0. The smallest absolute Gasteiger partial charge is 0.462 e. The van der Waals surface area contributed by atoms with Crippen molar-refractivity contribution in [2.24, 2.45) is 0 Å². The van der Waals surface area contributed by atoms with Crippen molar-refractivity contribution in [2.45, 2.75) is 276 Å². The quantitative estimate of drug-likeness (QED) is 0.0233. The van der Waals surface area contributed by atoms with Gasteiger partial charge in [0.05, 0.1) is 19.8 Å². The summed E-state index contributed by atoms with van der Waals surface area (Å²) in [7, 11) is -4.62. The Hall–Kier alpha value is -1.29. The number of carbonyl (C=O) groups is 2. The van der Waals surface area contributed by atoms with Gasteiger partial charge in [-0.2, -0.15) is 0 Å². The van der Waals surface area contributed by atoms with Crippen molar-refractivity contribution in [2.75, 3.05) is 26.4 Å². The van der Waals surface area contributed by atoms with Crippen LogP contribution < -0.4 is 0 Å². The predicted octanol–water partition coefficient (Wildman–Crippen LogP) is 14.7. The molecule has 368 valence electrons. The molecular weight excluding hydrogens is 804 g/mol. The summed E-state index contributed by atoms with van der Waals surface area (Å²) in [6.45, 7) is 2.44. The number of allylic oxidation sites excluding steroid dienone is 2. The Morgan fingerprint density at radius 3 is 1.16 bits per heavy atom. The van der Waals surface area contributed by atoms with Crippen LogP contribution in [-0.2, 0) is 32.7 Å². The largest absolute Gasteiger partial charge is 0.472 e. The maximum absolute atomic E-state index is 12.7. The fourth-order valence-electron chi connectivity index (χ4n) is 7.64. The van der Waals surface area contributed by atoms with Crippen molar-refractivity contribution >= 4 is 19.8 Å². The summed E-state index contributed by atoms with van der Waals surface area (Å²) in [4.78, 5) is 35.2. The Kier molecular flexibility index (Phi) is 46.7. The lowest BCUT2D eigenvalue weighted by atomic mass is 10.0. The van der Waals surface area contributed by atoms with Crippen LogP contribution in [0.3, 0.4) is 0 Å². The first-order chi connectivity index (χ1) is 30.2. The lowest BCUT2D eigenvalue weighted by Gasteiger charge is -2.20. The van der Waals surface area contributed by atoms with Gasteiger partial charge in [0.15, 0.2) is 6.10 Å². The Labute approximate surface area is 381 Å². The molecule has 0 saturated carbocycles. The Morgan fingerprint density at radius 1 is 0.468 bits per heavy atom. The maximum atomic E-state index is 12.7. The van der Waals surface area contributed by atoms with Crippen LogP contribution in [0.2, 0.25) is 0 Å². The van der Waals surface area contributed by atoms with Crippen molar-refractivity contribution in [1.82, 2.24) is 0 Å². The molecule has 3 atom stereocenters. The van der Waals surface area contributed by atoms with Gasteiger partial charge in [-0.15, -0.1) is 0 Å². The highest BCUT2D eigenvalue weighted by atomic mass is 31.2. The second-order valence-electron chi connectivity index (χ2n) is 17.9. The summed E-state index contributed by atoms with van der Waals surface area (Å²) in [5.74, 6) is -0.908. The van der Waals surface area contributed by atoms with E-state index < -0.39 is 51.8 Å². The summed E-state index contributed by atoms with van der Waals surface area (Å²) in [5.41, 5.74) is 0. The van der Waals surface area contributed by atoms with E-state index >= 15 is 0 Å². The van der Waals surface area contributed by atoms with Crippen LogP contribution in [0.15, 0.2) is 12.2 Å². The lowest BCUT2D eigenvalue weighted by Crippen LogP contribution is -2.29. The predicted molar refractivity (Wildman–Crippen MR) is 256 cm³/mol. The van der Waals surface area contributed by atoms with Crippen LogP contribution in [0.1, 0.15) is 264 Å². The fourth-order valence-corrected chi connectivity index (χ4v) is 8.43. The van der Waals surface area contributed by atoms with E-state index in [-0.39, 0.29) is 19.4 Å². The summed E-state index contributed by atoms with van der Waals surface area (Å²) < 4.78 is 32.9. The number of ether oxygens (including phenoxy) is 2. The molecule has 0 aromatic heterocycles. The molecule has 0 radical (unpaired) electrons. The molecule has 0 aromatic carbocycles. The first-order valence-corrected chi connectivity index (χ1v) is 27.6. The van der Waals surface area contributed by atoms with E-state index in [0.717, 1.165) is 38.5 Å². The molecule has 3 N–H and O–H groups in total. The van der Waals surface area contributed by atoms with Gasteiger partial charge < -0.3 is 24.6 Å². The van der Waals surface area contributed by atoms with Gasteiger partial charge in [-0.25, -0.2) is 4.57 Å². The zero-order chi connectivity index (χ0) is 45.5. The van der Waals surface area contributed by atoms with Crippen LogP contribution in [-0.4, -0.2) is 65.7 Å². The normalized spacial score (nSPS) is 13.7. The third-order valence-corrected chi connectivity index (χ3v) is 12.6. The molecule has 0 aliphatic heterocycles. The molecule has 0 rings (SSSR count). The molecule has 1 unspecified atom stereocenters. The minimum absolute atomic E-state index is 0.191. The molecule has 62 heavy (non-hydrogen) atoms. The number of phosphoric acid groups is 1. The molecule has 0 fully saturated rings. The van der Waals surface area contributed by atoms with Gasteiger partial charge in [-0.05, 0) is 38.5 Å². The summed E-state index contributed by atoms with van der Waals surface area (Å²) >= 11 is 0. The second kappa shape index (κ2) is 47.7. The van der Waals surface area contributed by atoms with E-state index in [0.29, 0.717) is 12.8 Å². The average Bonchev–Trinajstić information content (AvgIpc) is 3.26. The number of aliphatic hydroxyl groups excluding tert-OH is 2. The number of hydrogen-bond acceptors (Lipinski definition) is 9. The average molecular weight is 903 g/mol. The van der Waals surface area contributed by atoms with Crippen LogP contribution in [0.25, 0.3) is 0 Å². The monoisotopic (exact) mass is 903 g/mol. The van der Waals surface area contributed by atoms with E-state index in [4.69, 9.17) is 23.6 Å². The van der Waals surface area contributed by atoms with Crippen molar-refractivity contribution in [3.8, 4) is 0 Å². The zero-order valence-electron chi connectivity index (χ0n) is 40.4. The molecule has 0 spiro atoms. The standard InChI is InChI=1S/C51H99O10P/c1-3-5-7-9-11-13-15-17-19-21-23-24-25-27-28-30-32-34-36-38-40-42-50(54)58-46-49(47-60-62(56,57)59-45-48(53)44-52)61-51(55)43-41-39-37-35-33-31-29-26-22-20-18-16-14-12-10-8-6-4-2/h17,19,48-49,52-53H,3-16,18,20-47H2,1-2H3,(H,56,57)/b19-17+/t48-,49+/m0/s1. The molecule has 10 nitrogen and oxygen atoms in total. The van der Waals surface area contributed by atoms with Gasteiger partial charge in [0, 0.05) is 12.8 Å². The van der Waals surface area contributed by atoms with Crippen LogP contribution >= 0.6 is 7.82 Å². The molecular formula is C51H99O10P. The number of aliphatic hydroxyl groups is 2. The van der Waals surface area contributed by atoms with E-state index in [9.17, 15) is 24.2 Å². The summed E-state index contributed by atoms with van der Waals surface area (Å²) in [6.07, 6.45) is 48.9. The number of rotatable bonds is 50. The van der Waals surface area contributed by atoms with Crippen molar-refractivity contribution < 1.29 is 47.8 Å². The third kappa shape index (κ3) is 46.7. The van der Waals surface area contributed by atoms with Gasteiger partial charge in [0.1, 0.15) is 12.7 Å². The number of phosphoric ester groups is 1. The van der Waals surface area contributed by atoms with E-state index in [1.165, 1.54) is 186 Å². The number of carbonyl (C=O) groups excluding carboxylic acids is 2. The van der Waals surface area contributed by atoms with Gasteiger partial charge in [0.25, 0.3) is 0 Å². The summed E-state index contributed by atoms with van der Waals surface area (Å²) in [5, 5.41) is 18.4. The first-order valence-electron chi connectivity index (χ1n) is 26.1. The molecule has 0 heterocycles. The van der Waals surface area contributed by atoms with Gasteiger partial charge in [0.2, 0.25) is 0 Å². The van der Waals surface area contributed by atoms with E-state index in [1.807, 2.05) is 0 Å². The Bertz CT molecular complexity index is 1040. The lowest BCUT2D eigenvalue weighted by molar-refractivity contribution is -0.161. The topological polar surface area (TPSA) is 149 Å². The van der Waals surface area contributed by atoms with Crippen molar-refractivity contribution in [1.29, 1.82) is 0 Å². The number of unbranched alkanes of at least 4 members (excludes halogenated alkanes) is 34. The number of hydrogen-bond donors (Lipinski definition) is 3. The molecule has 0 bridgehead atoms. The van der Waals surface area contributed by atoms with Crippen LogP contribution in [0, 0.1) is 0 Å². The van der Waals surface area contributed by atoms with Crippen LogP contribution in [0.5, 0.6) is 0 Å². The second-order valence-corrected chi connectivity index (χ2v) is 19.4. The van der Waals surface area contributed by atoms with Gasteiger partial charge in [-0.3, -0.25) is 18.6 Å².